The third kappa shape index (κ3) is 3.58. The van der Waals surface area contributed by atoms with Crippen molar-refractivity contribution in [1.29, 1.82) is 0 Å². The van der Waals surface area contributed by atoms with Crippen LogP contribution in [0.5, 0.6) is 5.75 Å². The molecule has 4 heterocycles. The molecule has 0 radical (unpaired) electrons. The molecule has 8 nitrogen and oxygen atoms in total. The van der Waals surface area contributed by atoms with Gasteiger partial charge in [-0.25, -0.2) is 0 Å². The molecular formula is C20H28N4O4. The van der Waals surface area contributed by atoms with Crippen LogP contribution < -0.4 is 4.74 Å². The van der Waals surface area contributed by atoms with E-state index in [0.29, 0.717) is 24.4 Å². The number of hydrogen-bond acceptors (Lipinski definition) is 6. The van der Waals surface area contributed by atoms with E-state index in [-0.39, 0.29) is 11.8 Å². The Kier molecular flexibility index (Phi) is 5.50. The van der Waals surface area contributed by atoms with Crippen LogP contribution in [0, 0.1) is 5.41 Å². The number of hydrogen-bond donors (Lipinski definition) is 0. The summed E-state index contributed by atoms with van der Waals surface area (Å²) in [5.41, 5.74) is 0.0347. The van der Waals surface area contributed by atoms with E-state index in [2.05, 4.69) is 9.88 Å². The number of carbonyl (C=O) groups excluding carboxylic acids is 2. The Balaban J connectivity index is 1.37. The lowest BCUT2D eigenvalue weighted by molar-refractivity contribution is -0.135. The molecule has 8 heteroatoms. The molecule has 1 spiro atoms. The largest absolute Gasteiger partial charge is 0.496 e. The molecule has 0 aromatic carbocycles. The highest BCUT2D eigenvalue weighted by molar-refractivity contribution is 5.97. The van der Waals surface area contributed by atoms with Gasteiger partial charge in [0.15, 0.2) is 0 Å². The number of methoxy groups -OCH3 is 1. The van der Waals surface area contributed by atoms with Gasteiger partial charge in [-0.3, -0.25) is 19.5 Å². The molecular weight excluding hydrogens is 360 g/mol. The first-order valence-electron chi connectivity index (χ1n) is 10.00. The maximum Gasteiger partial charge on any atom is 0.259 e. The summed E-state index contributed by atoms with van der Waals surface area (Å²) in [6, 6.07) is 1.69. The van der Waals surface area contributed by atoms with Gasteiger partial charge >= 0.3 is 0 Å². The molecule has 3 fully saturated rings. The second-order valence-corrected chi connectivity index (χ2v) is 7.83. The van der Waals surface area contributed by atoms with E-state index < -0.39 is 5.41 Å². The van der Waals surface area contributed by atoms with Gasteiger partial charge in [-0.2, -0.15) is 0 Å². The smallest absolute Gasteiger partial charge is 0.259 e. The summed E-state index contributed by atoms with van der Waals surface area (Å²) >= 11 is 0. The highest BCUT2D eigenvalue weighted by Crippen LogP contribution is 2.41. The van der Waals surface area contributed by atoms with Gasteiger partial charge in [0, 0.05) is 58.2 Å². The number of rotatable bonds is 5. The molecule has 3 aliphatic heterocycles. The van der Waals surface area contributed by atoms with Crippen molar-refractivity contribution in [2.45, 2.75) is 12.8 Å². The Labute approximate surface area is 165 Å². The van der Waals surface area contributed by atoms with Gasteiger partial charge in [-0.15, -0.1) is 0 Å². The Bertz CT molecular complexity index is 737. The zero-order valence-electron chi connectivity index (χ0n) is 16.4. The maximum absolute atomic E-state index is 13.1. The van der Waals surface area contributed by atoms with Crippen molar-refractivity contribution in [3.8, 4) is 5.75 Å². The minimum absolute atomic E-state index is 0.110. The normalized spacial score (nSPS) is 25.7. The fourth-order valence-electron chi connectivity index (χ4n) is 4.51. The van der Waals surface area contributed by atoms with Crippen LogP contribution >= 0.6 is 0 Å². The summed E-state index contributed by atoms with van der Waals surface area (Å²) < 4.78 is 10.7. The molecule has 4 rings (SSSR count). The summed E-state index contributed by atoms with van der Waals surface area (Å²) in [6.07, 6.45) is 4.70. The zero-order chi connectivity index (χ0) is 19.6. The molecule has 1 aromatic heterocycles. The maximum atomic E-state index is 13.1. The number of likely N-dealkylation sites (tertiary alicyclic amines) is 2. The van der Waals surface area contributed by atoms with Crippen LogP contribution in [0.1, 0.15) is 23.2 Å². The van der Waals surface area contributed by atoms with Crippen molar-refractivity contribution in [1.82, 2.24) is 19.7 Å². The lowest BCUT2D eigenvalue weighted by Gasteiger charge is -2.29. The highest BCUT2D eigenvalue weighted by atomic mass is 16.5. The second kappa shape index (κ2) is 8.05. The fraction of sp³-hybridized carbons (Fsp3) is 0.650. The number of nitrogens with zero attached hydrogens (tertiary/aromatic N) is 4. The van der Waals surface area contributed by atoms with Gasteiger partial charge in [0.05, 0.1) is 31.3 Å². The predicted octanol–water partition coefficient (Wildman–Crippen LogP) is 0.487. The van der Waals surface area contributed by atoms with E-state index >= 15 is 0 Å². The van der Waals surface area contributed by atoms with Crippen molar-refractivity contribution < 1.29 is 19.1 Å². The van der Waals surface area contributed by atoms with Gasteiger partial charge in [-0.1, -0.05) is 0 Å². The molecule has 152 valence electrons. The van der Waals surface area contributed by atoms with Crippen molar-refractivity contribution >= 4 is 11.8 Å². The average Bonchev–Trinajstić information content (AvgIpc) is 3.31. The van der Waals surface area contributed by atoms with Gasteiger partial charge in [0.25, 0.3) is 5.91 Å². The highest BCUT2D eigenvalue weighted by Gasteiger charge is 2.51. The first kappa shape index (κ1) is 19.1. The van der Waals surface area contributed by atoms with E-state index in [1.165, 1.54) is 6.20 Å². The standard InChI is InChI=1S/C20H28N4O4/c1-27-17-2-5-21-14-16(17)18(25)24-7-4-20(15-24)3-6-23(19(20)26)9-8-22-10-12-28-13-11-22/h2,5,14H,3-4,6-13,15H2,1H3. The lowest BCUT2D eigenvalue weighted by Crippen LogP contribution is -2.43. The molecule has 1 atom stereocenters. The van der Waals surface area contributed by atoms with Gasteiger partial charge in [0.1, 0.15) is 5.75 Å². The predicted molar refractivity (Wildman–Crippen MR) is 102 cm³/mol. The molecule has 1 aromatic rings. The van der Waals surface area contributed by atoms with E-state index in [1.54, 1.807) is 24.3 Å². The van der Waals surface area contributed by atoms with E-state index in [0.717, 1.165) is 58.8 Å². The third-order valence-electron chi connectivity index (χ3n) is 6.26. The molecule has 3 saturated heterocycles. The average molecular weight is 388 g/mol. The summed E-state index contributed by atoms with van der Waals surface area (Å²) in [7, 11) is 1.55. The molecule has 3 aliphatic rings. The topological polar surface area (TPSA) is 75.2 Å². The summed E-state index contributed by atoms with van der Waals surface area (Å²) in [4.78, 5) is 36.3. The number of pyridine rings is 1. The number of aromatic nitrogens is 1. The number of amides is 2. The minimum atomic E-state index is -0.421. The van der Waals surface area contributed by atoms with E-state index in [4.69, 9.17) is 9.47 Å². The Morgan fingerprint density at radius 2 is 2.00 bits per heavy atom. The molecule has 0 saturated carbocycles. The monoisotopic (exact) mass is 388 g/mol. The van der Waals surface area contributed by atoms with Crippen molar-refractivity contribution in [3.63, 3.8) is 0 Å². The van der Waals surface area contributed by atoms with Crippen LogP contribution in [0.25, 0.3) is 0 Å². The summed E-state index contributed by atoms with van der Waals surface area (Å²) in [6.45, 7) is 6.91. The fourth-order valence-corrected chi connectivity index (χ4v) is 4.51. The Morgan fingerprint density at radius 1 is 1.21 bits per heavy atom. The first-order chi connectivity index (χ1) is 13.6. The minimum Gasteiger partial charge on any atom is -0.496 e. The van der Waals surface area contributed by atoms with Crippen LogP contribution in [0.3, 0.4) is 0 Å². The van der Waals surface area contributed by atoms with E-state index in [1.807, 2.05) is 4.90 Å². The zero-order valence-corrected chi connectivity index (χ0v) is 16.4. The van der Waals surface area contributed by atoms with Gasteiger partial charge in [-0.05, 0) is 18.9 Å². The second-order valence-electron chi connectivity index (χ2n) is 7.83. The van der Waals surface area contributed by atoms with Crippen LogP contribution in [0.2, 0.25) is 0 Å². The molecule has 1 unspecified atom stereocenters. The van der Waals surface area contributed by atoms with Crippen LogP contribution in [0.15, 0.2) is 18.5 Å². The van der Waals surface area contributed by atoms with Crippen molar-refractivity contribution in [3.05, 3.63) is 24.0 Å². The van der Waals surface area contributed by atoms with Crippen molar-refractivity contribution in [2.75, 3.05) is 66.1 Å². The van der Waals surface area contributed by atoms with E-state index in [9.17, 15) is 9.59 Å². The molecule has 0 bridgehead atoms. The van der Waals surface area contributed by atoms with Gasteiger partial charge in [0.2, 0.25) is 5.91 Å². The molecule has 2 amide bonds. The van der Waals surface area contributed by atoms with Crippen LogP contribution in [-0.4, -0.2) is 97.6 Å². The number of morpholine rings is 1. The number of ether oxygens (including phenoxy) is 2. The summed E-state index contributed by atoms with van der Waals surface area (Å²) in [5.74, 6) is 0.612. The quantitative estimate of drug-likeness (QED) is 0.731. The van der Waals surface area contributed by atoms with Crippen LogP contribution in [-0.2, 0) is 9.53 Å². The Hall–Kier alpha value is -2.19. The molecule has 0 aliphatic carbocycles. The van der Waals surface area contributed by atoms with Crippen molar-refractivity contribution in [2.24, 2.45) is 5.41 Å². The Morgan fingerprint density at radius 3 is 2.79 bits per heavy atom. The lowest BCUT2D eigenvalue weighted by atomic mass is 9.85. The number of carbonyl (C=O) groups is 2. The third-order valence-corrected chi connectivity index (χ3v) is 6.26. The summed E-state index contributed by atoms with van der Waals surface area (Å²) in [5, 5.41) is 0. The van der Waals surface area contributed by atoms with Gasteiger partial charge < -0.3 is 19.3 Å². The SMILES string of the molecule is COc1ccncc1C(=O)N1CCC2(CCN(CCN3CCOCC3)C2=O)C1. The molecule has 28 heavy (non-hydrogen) atoms. The van der Waals surface area contributed by atoms with Crippen LogP contribution in [0.4, 0.5) is 0 Å². The first-order valence-corrected chi connectivity index (χ1v) is 10.00. The molecule has 0 N–H and O–H groups in total.